The smallest absolute Gasteiger partial charge is 0.408 e. The van der Waals surface area contributed by atoms with Crippen LogP contribution in [0.2, 0.25) is 0 Å². The number of ether oxygens (including phenoxy) is 7. The van der Waals surface area contributed by atoms with Gasteiger partial charge in [0.2, 0.25) is 11.8 Å². The van der Waals surface area contributed by atoms with Crippen molar-refractivity contribution in [2.75, 3.05) is 40.7 Å². The molecule has 536 valence electrons. The first kappa shape index (κ1) is 77.6. The van der Waals surface area contributed by atoms with Gasteiger partial charge in [0.1, 0.15) is 76.4 Å². The van der Waals surface area contributed by atoms with Gasteiger partial charge < -0.3 is 58.7 Å². The predicted molar refractivity (Wildman–Crippen MR) is 387 cm³/mol. The molecule has 2 fully saturated rings. The van der Waals surface area contributed by atoms with Crippen LogP contribution in [0.1, 0.15) is 122 Å². The Morgan fingerprint density at radius 1 is 0.630 bits per heavy atom. The average Bonchev–Trinajstić information content (AvgIpc) is 1.40. The largest absolute Gasteiger partial charge is 0.497 e. The fourth-order valence-corrected chi connectivity index (χ4v) is 12.4. The van der Waals surface area contributed by atoms with Crippen LogP contribution in [0.15, 0.2) is 119 Å². The molecule has 8 rings (SSSR count). The molecule has 0 radical (unpaired) electrons. The topological polar surface area (TPSA) is 304 Å². The number of benzene rings is 4. The predicted octanol–water partition coefficient (Wildman–Crippen LogP) is 12.4. The van der Waals surface area contributed by atoms with E-state index in [1.54, 1.807) is 65.6 Å². The number of aliphatic imine (C=N–C) groups is 2. The molecule has 6 aromatic rings. The number of nitrogens with zero attached hydrogens (tertiary/aromatic N) is 7. The van der Waals surface area contributed by atoms with E-state index in [9.17, 15) is 39.1 Å². The van der Waals surface area contributed by atoms with Crippen molar-refractivity contribution < 1.29 is 67.0 Å². The van der Waals surface area contributed by atoms with Crippen molar-refractivity contribution >= 4 is 80.4 Å². The number of amidine groups is 1. The normalized spacial score (nSPS) is 17.6. The summed E-state index contributed by atoms with van der Waals surface area (Å²) in [6.45, 7) is 21.9. The van der Waals surface area contributed by atoms with Gasteiger partial charge in [-0.15, -0.1) is 11.8 Å². The number of carboxylic acid groups (broad SMARTS) is 1. The number of methoxy groups -OCH3 is 3. The lowest BCUT2D eigenvalue weighted by atomic mass is 10.0. The minimum absolute atomic E-state index is 0.0894. The molecule has 4 heterocycles. The van der Waals surface area contributed by atoms with Crippen LogP contribution in [0.3, 0.4) is 0 Å². The van der Waals surface area contributed by atoms with Crippen molar-refractivity contribution in [2.24, 2.45) is 21.8 Å². The minimum Gasteiger partial charge on any atom is -0.497 e. The van der Waals surface area contributed by atoms with E-state index in [4.69, 9.17) is 43.1 Å². The number of thioether (sulfide) groups is 1. The first-order chi connectivity index (χ1) is 47.5. The number of nitriles is 1. The highest BCUT2D eigenvalue weighted by Crippen LogP contribution is 2.38. The Bertz CT molecular complexity index is 3930. The number of aliphatic carboxylic acids is 1. The number of carbonyl (C=O) groups excluding carboxylic acids is 5. The van der Waals surface area contributed by atoms with Crippen LogP contribution in [-0.4, -0.2) is 172 Å². The number of nitrogens with one attached hydrogen (secondary N) is 3. The van der Waals surface area contributed by atoms with Crippen LogP contribution >= 0.6 is 11.8 Å². The van der Waals surface area contributed by atoms with Crippen LogP contribution < -0.4 is 34.9 Å². The molecule has 4 aromatic carbocycles. The third kappa shape index (κ3) is 20.9. The van der Waals surface area contributed by atoms with Gasteiger partial charge in [0.25, 0.3) is 0 Å². The summed E-state index contributed by atoms with van der Waals surface area (Å²) >= 11 is 1.32. The van der Waals surface area contributed by atoms with E-state index < -0.39 is 89.7 Å². The van der Waals surface area contributed by atoms with Crippen LogP contribution in [0.25, 0.3) is 44.3 Å². The number of hydrogen-bond donors (Lipinski definition) is 4. The molecule has 2 saturated heterocycles. The molecule has 2 aliphatic heterocycles. The highest BCUT2D eigenvalue weighted by Gasteiger charge is 2.46. The highest BCUT2D eigenvalue weighted by molar-refractivity contribution is 8.13. The maximum Gasteiger partial charge on any atom is 0.408 e. The summed E-state index contributed by atoms with van der Waals surface area (Å²) in [5.41, 5.74) is 3.03. The zero-order valence-electron chi connectivity index (χ0n) is 60.1. The van der Waals surface area contributed by atoms with E-state index in [0.29, 0.717) is 76.9 Å². The number of fused-ring (bicyclic) bond motifs is 2. The zero-order chi connectivity index (χ0) is 73.2. The summed E-state index contributed by atoms with van der Waals surface area (Å²) in [6, 6.07) is 29.3. The molecule has 4 amide bonds. The Labute approximate surface area is 590 Å². The summed E-state index contributed by atoms with van der Waals surface area (Å²) in [6.07, 6.45) is 3.84. The maximum atomic E-state index is 14.4. The average molecular weight is 1390 g/mol. The molecule has 100 heavy (non-hydrogen) atoms. The number of alkyl carbamates (subject to hydrolysis) is 2. The molecule has 4 N–H and O–H groups in total. The molecule has 0 saturated carbocycles. The second kappa shape index (κ2) is 35.4. The number of hydrogen-bond acceptors (Lipinski definition) is 19. The van der Waals surface area contributed by atoms with Crippen molar-refractivity contribution in [1.29, 1.82) is 5.26 Å². The minimum atomic E-state index is -1.02. The summed E-state index contributed by atoms with van der Waals surface area (Å²) in [5.74, 6) is -0.369. The number of aromatic nitrogens is 2. The molecule has 2 aromatic heterocycles. The zero-order valence-corrected chi connectivity index (χ0v) is 60.9. The maximum absolute atomic E-state index is 14.4. The van der Waals surface area contributed by atoms with Gasteiger partial charge in [-0.25, -0.2) is 29.1 Å². The lowest BCUT2D eigenvalue weighted by molar-refractivity contribution is -0.142. The van der Waals surface area contributed by atoms with Gasteiger partial charge in [-0.3, -0.25) is 24.9 Å². The summed E-state index contributed by atoms with van der Waals surface area (Å²) in [4.78, 5) is 102. The monoisotopic (exact) mass is 1390 g/mol. The quantitative estimate of drug-likeness (QED) is 0.0109. The first-order valence-electron chi connectivity index (χ1n) is 33.7. The molecule has 2 aliphatic rings. The number of rotatable bonds is 24. The molecule has 0 unspecified atom stereocenters. The highest BCUT2D eigenvalue weighted by atomic mass is 32.2. The van der Waals surface area contributed by atoms with Crippen LogP contribution in [0.5, 0.6) is 23.0 Å². The molecule has 8 atom stereocenters. The Hall–Kier alpha value is -9.70. The number of likely N-dealkylation sites (tertiary alicyclic amines) is 2. The van der Waals surface area contributed by atoms with E-state index in [2.05, 4.69) is 25.9 Å². The van der Waals surface area contributed by atoms with E-state index in [0.717, 1.165) is 27.6 Å². The van der Waals surface area contributed by atoms with Crippen LogP contribution in [0.4, 0.5) is 9.59 Å². The Morgan fingerprint density at radius 2 is 1.06 bits per heavy atom. The van der Waals surface area contributed by atoms with E-state index >= 15 is 0 Å². The van der Waals surface area contributed by atoms with Gasteiger partial charge in [0.15, 0.2) is 6.19 Å². The van der Waals surface area contributed by atoms with Crippen LogP contribution in [-0.2, 0) is 33.4 Å². The SMILES string of the molecule is CCC[C@H](N=C(NC#N)[C@@H]1C[C@@H](Oc2cc(-c3ccccc3)nc3cc(OC)ccc23)CN1C(=O)[C@@H](NC(=O)OC(C)(C)C)C(C)C)C(=O)OC.CCC[C@H](N=C(SC)[C@@H]1C[C@@H](Oc2cc(-c3ccccc3)nc3cc(OC)ccc23)CN1C(=O)[C@@H](NC(=O)OC(C)(C)C)C(C)C)C(=O)O. The molecule has 0 bridgehead atoms. The number of carboxylic acids is 1. The van der Waals surface area contributed by atoms with Gasteiger partial charge >= 0.3 is 24.1 Å². The fraction of sp³-hybridized carbons (Fsp3) is 0.480. The lowest BCUT2D eigenvalue weighted by Gasteiger charge is -2.32. The summed E-state index contributed by atoms with van der Waals surface area (Å²) < 4.78 is 40.4. The number of carbonyl (C=O) groups is 6. The molecule has 25 heteroatoms. The van der Waals surface area contributed by atoms with Crippen LogP contribution in [0, 0.1) is 23.3 Å². The number of amides is 4. The van der Waals surface area contributed by atoms with E-state index in [1.165, 1.54) is 18.9 Å². The van der Waals surface area contributed by atoms with Crippen molar-refractivity contribution in [3.8, 4) is 51.7 Å². The number of pyridine rings is 2. The van der Waals surface area contributed by atoms with Crippen molar-refractivity contribution in [3.63, 3.8) is 0 Å². The van der Waals surface area contributed by atoms with Gasteiger partial charge in [0.05, 0.1) is 74.0 Å². The first-order valence-corrected chi connectivity index (χ1v) is 34.9. The summed E-state index contributed by atoms with van der Waals surface area (Å²) in [7, 11) is 4.47. The molecule has 0 spiro atoms. The second-order valence-corrected chi connectivity index (χ2v) is 27.9. The number of esters is 1. The Kier molecular flexibility index (Phi) is 27.5. The Morgan fingerprint density at radius 3 is 1.44 bits per heavy atom. The Balaban J connectivity index is 0.000000281. The van der Waals surface area contributed by atoms with Gasteiger partial charge in [-0.2, -0.15) is 5.26 Å². The molecular formula is C75H96N10O14S. The fourth-order valence-electron chi connectivity index (χ4n) is 11.7. The van der Waals surface area contributed by atoms with Gasteiger partial charge in [-0.05, 0) is 96.7 Å². The van der Waals surface area contributed by atoms with Gasteiger partial charge in [-0.1, -0.05) is 115 Å². The van der Waals surface area contributed by atoms with Crippen molar-refractivity contribution in [1.82, 2.24) is 35.7 Å². The standard InChI is InChI=1S/C38H48N6O7.C37H48N4O7S/c1-9-13-28(36(46)49-8)42-34(40-22-39)31-19-26(21-44(31)35(45)33(23(2)3)43-37(47)51-38(4,5)6)50-32-20-29(24-14-11-10-12-15-24)41-30-18-25(48-7)16-17-27(30)32;1-9-13-27(35(43)44)39-33(49-8)30-19-25(21-41(30)34(42)32(22(2)3)40-36(45)48-37(4,5)6)47-31-20-28(23-14-11-10-12-15-23)38-29-18-24(46-7)16-17-26(29)31/h10-12,14-18,20,23,26,28,31,33H,9,13,19,21H2,1-8H3,(H,40,42)(H,43,47);10-12,14-18,20,22,25,27,30,32H,9,13,19,21H2,1-8H3,(H,40,45)(H,43,44)/t26-,28+,31+,33+;25-,27+,30+,32+/m11/s1. The third-order valence-corrected chi connectivity index (χ3v) is 17.2. The van der Waals surface area contributed by atoms with Crippen molar-refractivity contribution in [2.45, 2.75) is 181 Å². The van der Waals surface area contributed by atoms with Gasteiger partial charge in [0, 0.05) is 59.0 Å². The van der Waals surface area contributed by atoms with E-state index in [-0.39, 0.29) is 43.1 Å². The molecule has 0 aliphatic carbocycles. The third-order valence-electron chi connectivity index (χ3n) is 16.4. The van der Waals surface area contributed by atoms with Crippen molar-refractivity contribution in [3.05, 3.63) is 109 Å². The van der Waals surface area contributed by atoms with E-state index in [1.807, 2.05) is 163 Å². The molecular weight excluding hydrogens is 1300 g/mol. The lowest BCUT2D eigenvalue weighted by Crippen LogP contribution is -2.55. The second-order valence-electron chi connectivity index (χ2n) is 27.1. The summed E-state index contributed by atoms with van der Waals surface area (Å²) in [5, 5.41) is 29.9. The molecule has 24 nitrogen and oxygen atoms in total.